The van der Waals surface area contributed by atoms with Crippen LogP contribution in [0.3, 0.4) is 0 Å². The summed E-state index contributed by atoms with van der Waals surface area (Å²) in [5, 5.41) is 0. The molecule has 0 fully saturated rings. The van der Waals surface area contributed by atoms with Crippen molar-refractivity contribution in [1.82, 2.24) is 0 Å². The van der Waals surface area contributed by atoms with Gasteiger partial charge in [-0.1, -0.05) is 12.1 Å². The minimum Gasteiger partial charge on any atom is -0.462 e. The topological polar surface area (TPSA) is 35.5 Å². The van der Waals surface area contributed by atoms with E-state index in [-0.39, 0.29) is 12.4 Å². The second kappa shape index (κ2) is 7.20. The van der Waals surface area contributed by atoms with Crippen molar-refractivity contribution in [2.45, 2.75) is 13.3 Å². The zero-order valence-corrected chi connectivity index (χ0v) is 14.1. The molecule has 0 bridgehead atoms. The summed E-state index contributed by atoms with van der Waals surface area (Å²) in [4.78, 5) is 11.8. The Morgan fingerprint density at radius 1 is 1.13 bits per heavy atom. The molecule has 0 unspecified atom stereocenters. The molecule has 0 aliphatic carbocycles. The molecule has 2 rings (SSSR count). The van der Waals surface area contributed by atoms with Gasteiger partial charge in [0.25, 0.3) is 0 Å². The van der Waals surface area contributed by atoms with Crippen LogP contribution in [0.5, 0.6) is 5.75 Å². The number of hydrogen-bond donors (Lipinski definition) is 0. The highest BCUT2D eigenvalue weighted by Gasteiger charge is 2.31. The first kappa shape index (κ1) is 17.6. The number of halogens is 4. The fourth-order valence-electron chi connectivity index (χ4n) is 1.92. The first-order valence-electron chi connectivity index (χ1n) is 6.63. The highest BCUT2D eigenvalue weighted by atomic mass is 127. The zero-order chi connectivity index (χ0) is 17.0. The number of carbonyl (C=O) groups excluding carboxylic acids is 1. The average molecular weight is 436 g/mol. The van der Waals surface area contributed by atoms with Crippen molar-refractivity contribution in [1.29, 1.82) is 0 Å². The minimum atomic E-state index is -4.72. The molecule has 23 heavy (non-hydrogen) atoms. The molecule has 0 radical (unpaired) electrons. The summed E-state index contributed by atoms with van der Waals surface area (Å²) in [6.07, 6.45) is -4.72. The third kappa shape index (κ3) is 4.85. The van der Waals surface area contributed by atoms with Gasteiger partial charge in [0.2, 0.25) is 0 Å². The molecule has 0 heterocycles. The Balaban J connectivity index is 2.30. The van der Waals surface area contributed by atoms with Crippen LogP contribution < -0.4 is 4.74 Å². The summed E-state index contributed by atoms with van der Waals surface area (Å²) >= 11 is 2.09. The number of carbonyl (C=O) groups is 1. The molecule has 0 saturated carbocycles. The van der Waals surface area contributed by atoms with Crippen molar-refractivity contribution in [2.75, 3.05) is 6.61 Å². The second-order valence-electron chi connectivity index (χ2n) is 4.49. The Morgan fingerprint density at radius 2 is 1.78 bits per heavy atom. The highest BCUT2D eigenvalue weighted by molar-refractivity contribution is 14.1. The van der Waals surface area contributed by atoms with Gasteiger partial charge in [-0.05, 0) is 71.0 Å². The lowest BCUT2D eigenvalue weighted by atomic mass is 10.0. The predicted octanol–water partition coefficient (Wildman–Crippen LogP) is 5.03. The lowest BCUT2D eigenvalue weighted by Crippen LogP contribution is -2.16. The van der Waals surface area contributed by atoms with Crippen molar-refractivity contribution in [3.05, 3.63) is 51.6 Å². The standard InChI is InChI=1S/C16H12F3IO3/c1-2-22-15(21)11-5-8-14(20)13(9-11)10-3-6-12(7-4-10)23-16(17,18)19/h3-9H,2H2,1H3. The van der Waals surface area contributed by atoms with Gasteiger partial charge in [0, 0.05) is 3.57 Å². The molecular formula is C16H12F3IO3. The number of rotatable bonds is 4. The maximum atomic E-state index is 12.2. The number of benzene rings is 2. The van der Waals surface area contributed by atoms with Crippen molar-refractivity contribution < 1.29 is 27.4 Å². The summed E-state index contributed by atoms with van der Waals surface area (Å²) in [6.45, 7) is 1.98. The first-order chi connectivity index (χ1) is 10.8. The Kier molecular flexibility index (Phi) is 5.51. The Hall–Kier alpha value is -1.77. The SMILES string of the molecule is CCOC(=O)c1ccc(I)c(-c2ccc(OC(F)(F)F)cc2)c1. The summed E-state index contributed by atoms with van der Waals surface area (Å²) in [5.74, 6) is -0.736. The van der Waals surface area contributed by atoms with E-state index in [1.807, 2.05) is 0 Å². The van der Waals surface area contributed by atoms with Gasteiger partial charge in [0.05, 0.1) is 12.2 Å². The molecule has 0 atom stereocenters. The van der Waals surface area contributed by atoms with Gasteiger partial charge < -0.3 is 9.47 Å². The maximum absolute atomic E-state index is 12.2. The average Bonchev–Trinajstić information content (AvgIpc) is 2.47. The molecule has 0 amide bonds. The maximum Gasteiger partial charge on any atom is 0.573 e. The molecule has 2 aromatic rings. The lowest BCUT2D eigenvalue weighted by molar-refractivity contribution is -0.274. The molecule has 122 valence electrons. The van der Waals surface area contributed by atoms with Gasteiger partial charge in [-0.2, -0.15) is 0 Å². The van der Waals surface area contributed by atoms with Crippen LogP contribution in [-0.2, 0) is 4.74 Å². The number of alkyl halides is 3. The second-order valence-corrected chi connectivity index (χ2v) is 5.65. The van der Waals surface area contributed by atoms with Crippen LogP contribution in [0.25, 0.3) is 11.1 Å². The Morgan fingerprint density at radius 3 is 2.35 bits per heavy atom. The van der Waals surface area contributed by atoms with E-state index in [2.05, 4.69) is 27.3 Å². The largest absolute Gasteiger partial charge is 0.573 e. The molecule has 3 nitrogen and oxygen atoms in total. The number of esters is 1. The van der Waals surface area contributed by atoms with Crippen LogP contribution in [0, 0.1) is 3.57 Å². The zero-order valence-electron chi connectivity index (χ0n) is 12.0. The Bertz CT molecular complexity index is 697. The van der Waals surface area contributed by atoms with Crippen LogP contribution >= 0.6 is 22.6 Å². The van der Waals surface area contributed by atoms with Crippen LogP contribution in [0.1, 0.15) is 17.3 Å². The fourth-order valence-corrected chi connectivity index (χ4v) is 2.57. The smallest absolute Gasteiger partial charge is 0.462 e. The van der Waals surface area contributed by atoms with E-state index in [4.69, 9.17) is 4.74 Å². The van der Waals surface area contributed by atoms with Gasteiger partial charge in [0.15, 0.2) is 0 Å². The van der Waals surface area contributed by atoms with E-state index in [9.17, 15) is 18.0 Å². The highest BCUT2D eigenvalue weighted by Crippen LogP contribution is 2.30. The summed E-state index contributed by atoms with van der Waals surface area (Å²) in [5.41, 5.74) is 1.79. The quantitative estimate of drug-likeness (QED) is 0.498. The first-order valence-corrected chi connectivity index (χ1v) is 7.71. The monoisotopic (exact) mass is 436 g/mol. The van der Waals surface area contributed by atoms with E-state index >= 15 is 0 Å². The molecule has 0 aliphatic rings. The lowest BCUT2D eigenvalue weighted by Gasteiger charge is -2.11. The molecule has 0 spiro atoms. The number of ether oxygens (including phenoxy) is 2. The molecule has 2 aromatic carbocycles. The van der Waals surface area contributed by atoms with Crippen molar-refractivity contribution >= 4 is 28.6 Å². The molecular weight excluding hydrogens is 424 g/mol. The van der Waals surface area contributed by atoms with Crippen LogP contribution in [-0.4, -0.2) is 18.9 Å². The van der Waals surface area contributed by atoms with E-state index in [0.29, 0.717) is 11.1 Å². The van der Waals surface area contributed by atoms with Gasteiger partial charge >= 0.3 is 12.3 Å². The van der Waals surface area contributed by atoms with E-state index in [0.717, 1.165) is 9.13 Å². The molecule has 0 aliphatic heterocycles. The van der Waals surface area contributed by atoms with Crippen LogP contribution in [0.2, 0.25) is 0 Å². The third-order valence-corrected chi connectivity index (χ3v) is 3.82. The van der Waals surface area contributed by atoms with E-state index in [1.165, 1.54) is 24.3 Å². The third-order valence-electron chi connectivity index (χ3n) is 2.88. The number of hydrogen-bond acceptors (Lipinski definition) is 3. The molecule has 0 aromatic heterocycles. The summed E-state index contributed by atoms with van der Waals surface area (Å²) in [7, 11) is 0. The minimum absolute atomic E-state index is 0.267. The van der Waals surface area contributed by atoms with Crippen LogP contribution in [0.4, 0.5) is 13.2 Å². The Labute approximate surface area is 144 Å². The van der Waals surface area contributed by atoms with Gasteiger partial charge in [-0.15, -0.1) is 13.2 Å². The van der Waals surface area contributed by atoms with Crippen LogP contribution in [0.15, 0.2) is 42.5 Å². The normalized spacial score (nSPS) is 11.2. The molecule has 7 heteroatoms. The van der Waals surface area contributed by atoms with Crippen molar-refractivity contribution in [3.63, 3.8) is 0 Å². The summed E-state index contributed by atoms with van der Waals surface area (Å²) < 4.78 is 46.2. The fraction of sp³-hybridized carbons (Fsp3) is 0.188. The molecule has 0 N–H and O–H groups in total. The predicted molar refractivity (Wildman–Crippen MR) is 87.2 cm³/mol. The van der Waals surface area contributed by atoms with Gasteiger partial charge in [-0.3, -0.25) is 0 Å². The van der Waals surface area contributed by atoms with E-state index in [1.54, 1.807) is 25.1 Å². The van der Waals surface area contributed by atoms with Gasteiger partial charge in [-0.25, -0.2) is 4.79 Å². The van der Waals surface area contributed by atoms with Crippen molar-refractivity contribution in [3.8, 4) is 16.9 Å². The summed E-state index contributed by atoms with van der Waals surface area (Å²) in [6, 6.07) is 10.5. The van der Waals surface area contributed by atoms with Crippen molar-refractivity contribution in [2.24, 2.45) is 0 Å². The van der Waals surface area contributed by atoms with Gasteiger partial charge in [0.1, 0.15) is 5.75 Å². The van der Waals surface area contributed by atoms with E-state index < -0.39 is 12.3 Å². The molecule has 0 saturated heterocycles.